The number of amides is 1. The van der Waals surface area contributed by atoms with Crippen LogP contribution in [0.5, 0.6) is 0 Å². The van der Waals surface area contributed by atoms with Crippen molar-refractivity contribution in [1.82, 2.24) is 4.90 Å². The summed E-state index contributed by atoms with van der Waals surface area (Å²) in [4.78, 5) is 13.3. The highest BCUT2D eigenvalue weighted by Crippen LogP contribution is 2.32. The molecule has 1 saturated heterocycles. The van der Waals surface area contributed by atoms with Crippen molar-refractivity contribution < 1.29 is 9.53 Å². The van der Waals surface area contributed by atoms with Gasteiger partial charge in [-0.25, -0.2) is 4.79 Å². The number of carbonyl (C=O) groups is 1. The van der Waals surface area contributed by atoms with E-state index in [1.807, 2.05) is 20.8 Å². The molecule has 3 heteroatoms. The van der Waals surface area contributed by atoms with E-state index in [0.717, 1.165) is 6.42 Å². The fourth-order valence-corrected chi connectivity index (χ4v) is 1.57. The zero-order chi connectivity index (χ0) is 10.2. The Morgan fingerprint density at radius 1 is 1.46 bits per heavy atom. The highest BCUT2D eigenvalue weighted by Gasteiger charge is 2.47. The van der Waals surface area contributed by atoms with Crippen LogP contribution < -0.4 is 0 Å². The van der Waals surface area contributed by atoms with Crippen molar-refractivity contribution in [3.63, 3.8) is 0 Å². The molecule has 0 aromatic carbocycles. The number of ether oxygens (including phenoxy) is 1. The van der Waals surface area contributed by atoms with Crippen LogP contribution >= 0.6 is 0 Å². The highest BCUT2D eigenvalue weighted by atomic mass is 16.6. The van der Waals surface area contributed by atoms with Crippen LogP contribution in [-0.2, 0) is 4.74 Å². The van der Waals surface area contributed by atoms with Gasteiger partial charge in [-0.3, -0.25) is 4.90 Å². The summed E-state index contributed by atoms with van der Waals surface area (Å²) in [5, 5.41) is 0. The van der Waals surface area contributed by atoms with E-state index in [1.54, 1.807) is 4.90 Å². The van der Waals surface area contributed by atoms with Gasteiger partial charge in [-0.05, 0) is 34.1 Å². The van der Waals surface area contributed by atoms with Gasteiger partial charge in [0.15, 0.2) is 0 Å². The second kappa shape index (κ2) is 3.20. The van der Waals surface area contributed by atoms with Gasteiger partial charge in [0.25, 0.3) is 0 Å². The Morgan fingerprint density at radius 2 is 2.00 bits per heavy atom. The van der Waals surface area contributed by atoms with Crippen LogP contribution in [0.3, 0.4) is 0 Å². The fourth-order valence-electron chi connectivity index (χ4n) is 1.57. The minimum Gasteiger partial charge on any atom is -0.444 e. The Bertz CT molecular complexity index is 207. The van der Waals surface area contributed by atoms with Crippen molar-refractivity contribution in [3.05, 3.63) is 0 Å². The summed E-state index contributed by atoms with van der Waals surface area (Å²) in [5.74, 6) is 0. The van der Waals surface area contributed by atoms with Crippen molar-refractivity contribution in [1.29, 1.82) is 0 Å². The predicted octanol–water partition coefficient (Wildman–Crippen LogP) is 2.40. The maximum absolute atomic E-state index is 11.5. The highest BCUT2D eigenvalue weighted by molar-refractivity contribution is 5.72. The second-order valence-corrected chi connectivity index (χ2v) is 4.60. The first-order valence-corrected chi connectivity index (χ1v) is 4.88. The number of hydrogen-bond donors (Lipinski definition) is 0. The Kier molecular flexibility index (Phi) is 2.55. The van der Waals surface area contributed by atoms with E-state index in [2.05, 4.69) is 13.8 Å². The lowest BCUT2D eigenvalue weighted by atomic mass is 10.2. The van der Waals surface area contributed by atoms with E-state index < -0.39 is 0 Å². The van der Waals surface area contributed by atoms with Gasteiger partial charge in [0, 0.05) is 0 Å². The monoisotopic (exact) mass is 185 g/mol. The topological polar surface area (TPSA) is 29.3 Å². The molecule has 76 valence electrons. The smallest absolute Gasteiger partial charge is 0.410 e. The van der Waals surface area contributed by atoms with Gasteiger partial charge in [-0.2, -0.15) is 0 Å². The van der Waals surface area contributed by atoms with E-state index >= 15 is 0 Å². The van der Waals surface area contributed by atoms with Crippen molar-refractivity contribution in [2.24, 2.45) is 0 Å². The van der Waals surface area contributed by atoms with E-state index in [4.69, 9.17) is 4.74 Å². The first kappa shape index (κ1) is 10.4. The molecule has 2 atom stereocenters. The first-order valence-electron chi connectivity index (χ1n) is 4.88. The maximum atomic E-state index is 11.5. The first-order chi connectivity index (χ1) is 5.87. The molecular formula is C10H19NO2. The molecule has 0 aromatic rings. The van der Waals surface area contributed by atoms with Crippen molar-refractivity contribution in [2.75, 3.05) is 0 Å². The molecule has 1 fully saturated rings. The van der Waals surface area contributed by atoms with Crippen LogP contribution in [0.15, 0.2) is 0 Å². The van der Waals surface area contributed by atoms with E-state index in [1.165, 1.54) is 0 Å². The van der Waals surface area contributed by atoms with Gasteiger partial charge in [0.2, 0.25) is 0 Å². The third-order valence-electron chi connectivity index (χ3n) is 2.29. The fraction of sp³-hybridized carbons (Fsp3) is 0.900. The second-order valence-electron chi connectivity index (χ2n) is 4.60. The summed E-state index contributed by atoms with van der Waals surface area (Å²) in [5.41, 5.74) is -0.377. The van der Waals surface area contributed by atoms with Gasteiger partial charge in [0.05, 0.1) is 12.1 Å². The maximum Gasteiger partial charge on any atom is 0.410 e. The molecule has 1 heterocycles. The Hall–Kier alpha value is -0.730. The van der Waals surface area contributed by atoms with E-state index in [9.17, 15) is 4.79 Å². The molecule has 0 aromatic heterocycles. The van der Waals surface area contributed by atoms with Gasteiger partial charge in [-0.15, -0.1) is 0 Å². The normalized spacial score (nSPS) is 27.3. The van der Waals surface area contributed by atoms with Gasteiger partial charge < -0.3 is 4.74 Å². The number of nitrogens with zero attached hydrogens (tertiary/aromatic N) is 1. The molecule has 1 rings (SSSR count). The average molecular weight is 185 g/mol. The van der Waals surface area contributed by atoms with Crippen LogP contribution in [0.2, 0.25) is 0 Å². The molecule has 0 aliphatic carbocycles. The molecule has 3 nitrogen and oxygen atoms in total. The number of rotatable bonds is 1. The summed E-state index contributed by atoms with van der Waals surface area (Å²) in [6.07, 6.45) is 0.840. The van der Waals surface area contributed by atoms with Crippen molar-refractivity contribution in [2.45, 2.75) is 58.7 Å². The molecule has 13 heavy (non-hydrogen) atoms. The quantitative estimate of drug-likeness (QED) is 0.587. The zero-order valence-corrected chi connectivity index (χ0v) is 9.13. The van der Waals surface area contributed by atoms with Crippen molar-refractivity contribution in [3.8, 4) is 0 Å². The van der Waals surface area contributed by atoms with Crippen LogP contribution in [0.25, 0.3) is 0 Å². The standard InChI is InChI=1S/C10H19NO2/c1-6-8-7(2)11(8)9(12)13-10(3,4)5/h7-8H,6H2,1-5H3. The number of hydrogen-bond acceptors (Lipinski definition) is 2. The largest absolute Gasteiger partial charge is 0.444 e. The van der Waals surface area contributed by atoms with Crippen LogP contribution in [0, 0.1) is 0 Å². The van der Waals surface area contributed by atoms with Crippen molar-refractivity contribution >= 4 is 6.09 Å². The molecule has 0 radical (unpaired) electrons. The third kappa shape index (κ3) is 2.36. The Balaban J connectivity index is 2.43. The van der Waals surface area contributed by atoms with E-state index in [-0.39, 0.29) is 11.7 Å². The predicted molar refractivity (Wildman–Crippen MR) is 51.6 cm³/mol. The molecular weight excluding hydrogens is 166 g/mol. The van der Waals surface area contributed by atoms with Crippen LogP contribution in [0.1, 0.15) is 41.0 Å². The molecule has 1 amide bonds. The Labute approximate surface area is 80.1 Å². The molecule has 0 bridgehead atoms. The molecule has 1 aliphatic heterocycles. The molecule has 2 unspecified atom stereocenters. The average Bonchev–Trinajstić information content (AvgIpc) is 2.57. The summed E-state index contributed by atoms with van der Waals surface area (Å²) >= 11 is 0. The Morgan fingerprint density at radius 3 is 2.31 bits per heavy atom. The minimum atomic E-state index is -0.377. The summed E-state index contributed by atoms with van der Waals surface area (Å²) in [6.45, 7) is 9.81. The van der Waals surface area contributed by atoms with E-state index in [0.29, 0.717) is 12.1 Å². The zero-order valence-electron chi connectivity index (χ0n) is 9.13. The summed E-state index contributed by atoms with van der Waals surface area (Å²) < 4.78 is 5.25. The van der Waals surface area contributed by atoms with Crippen LogP contribution in [-0.4, -0.2) is 28.7 Å². The lowest BCUT2D eigenvalue weighted by Gasteiger charge is -2.20. The van der Waals surface area contributed by atoms with Gasteiger partial charge >= 0.3 is 6.09 Å². The summed E-state index contributed by atoms with van der Waals surface area (Å²) in [6, 6.07) is 0.759. The van der Waals surface area contributed by atoms with Gasteiger partial charge in [0.1, 0.15) is 5.60 Å². The third-order valence-corrected chi connectivity index (χ3v) is 2.29. The molecule has 1 aliphatic rings. The SMILES string of the molecule is CCC1C(C)N1C(=O)OC(C)(C)C. The summed E-state index contributed by atoms with van der Waals surface area (Å²) in [7, 11) is 0. The lowest BCUT2D eigenvalue weighted by Crippen LogP contribution is -2.28. The van der Waals surface area contributed by atoms with Gasteiger partial charge in [-0.1, -0.05) is 6.92 Å². The minimum absolute atomic E-state index is 0.174. The molecule has 0 N–H and O–H groups in total. The molecule has 0 saturated carbocycles. The number of carbonyl (C=O) groups excluding carboxylic acids is 1. The lowest BCUT2D eigenvalue weighted by molar-refractivity contribution is 0.0395. The van der Waals surface area contributed by atoms with Crippen LogP contribution in [0.4, 0.5) is 4.79 Å². The molecule has 0 spiro atoms.